The van der Waals surface area contributed by atoms with Gasteiger partial charge in [0.15, 0.2) is 0 Å². The van der Waals surface area contributed by atoms with Crippen molar-refractivity contribution in [1.29, 1.82) is 0 Å². The van der Waals surface area contributed by atoms with E-state index in [9.17, 15) is 0 Å². The summed E-state index contributed by atoms with van der Waals surface area (Å²) in [6, 6.07) is 15.3. The van der Waals surface area contributed by atoms with Crippen LogP contribution in [0.2, 0.25) is 5.02 Å². The van der Waals surface area contributed by atoms with Gasteiger partial charge < -0.3 is 10.3 Å². The number of anilines is 2. The molecule has 1 heterocycles. The van der Waals surface area contributed by atoms with Gasteiger partial charge in [0, 0.05) is 5.39 Å². The molecule has 0 atom stereocenters. The SMILES string of the molecule is S=c1nc(Nc2ccccc2Cl)[nH]c2ccccc12. The quantitative estimate of drug-likeness (QED) is 0.672. The van der Waals surface area contributed by atoms with Gasteiger partial charge in [-0.25, -0.2) is 4.98 Å². The number of aromatic nitrogens is 2. The number of nitrogens with one attached hydrogen (secondary N) is 2. The van der Waals surface area contributed by atoms with Gasteiger partial charge in [-0.05, 0) is 24.3 Å². The molecular formula is C14H10ClN3S. The number of aromatic amines is 1. The molecule has 19 heavy (non-hydrogen) atoms. The highest BCUT2D eigenvalue weighted by Gasteiger charge is 2.03. The Hall–Kier alpha value is -1.91. The number of H-pyrrole nitrogens is 1. The number of fused-ring (bicyclic) bond motifs is 1. The van der Waals surface area contributed by atoms with Gasteiger partial charge in [-0.15, -0.1) is 0 Å². The van der Waals surface area contributed by atoms with Crippen molar-refractivity contribution in [1.82, 2.24) is 9.97 Å². The topological polar surface area (TPSA) is 40.7 Å². The number of rotatable bonds is 2. The third-order valence-electron chi connectivity index (χ3n) is 2.75. The van der Waals surface area contributed by atoms with Crippen LogP contribution in [0.1, 0.15) is 0 Å². The molecule has 94 valence electrons. The summed E-state index contributed by atoms with van der Waals surface area (Å²) in [6.07, 6.45) is 0. The third kappa shape index (κ3) is 2.45. The van der Waals surface area contributed by atoms with Crippen LogP contribution in [0.3, 0.4) is 0 Å². The van der Waals surface area contributed by atoms with E-state index in [2.05, 4.69) is 15.3 Å². The maximum atomic E-state index is 6.10. The van der Waals surface area contributed by atoms with E-state index in [1.807, 2.05) is 48.5 Å². The molecule has 0 unspecified atom stereocenters. The minimum Gasteiger partial charge on any atom is -0.325 e. The van der Waals surface area contributed by atoms with Gasteiger partial charge in [0.05, 0.1) is 16.2 Å². The lowest BCUT2D eigenvalue weighted by molar-refractivity contribution is 1.20. The van der Waals surface area contributed by atoms with Crippen molar-refractivity contribution in [3.05, 3.63) is 58.2 Å². The smallest absolute Gasteiger partial charge is 0.206 e. The number of hydrogen-bond acceptors (Lipinski definition) is 3. The van der Waals surface area contributed by atoms with Crippen LogP contribution in [-0.2, 0) is 0 Å². The molecule has 0 amide bonds. The van der Waals surface area contributed by atoms with Gasteiger partial charge >= 0.3 is 0 Å². The molecule has 0 fully saturated rings. The second-order valence-electron chi connectivity index (χ2n) is 4.04. The molecule has 2 aromatic carbocycles. The molecule has 3 nitrogen and oxygen atoms in total. The van der Waals surface area contributed by atoms with E-state index in [4.69, 9.17) is 23.8 Å². The Kier molecular flexibility index (Phi) is 3.19. The molecule has 0 saturated heterocycles. The summed E-state index contributed by atoms with van der Waals surface area (Å²) in [5, 5.41) is 4.71. The van der Waals surface area contributed by atoms with Crippen LogP contribution < -0.4 is 5.32 Å². The number of hydrogen-bond donors (Lipinski definition) is 2. The second kappa shape index (κ2) is 4.99. The maximum absolute atomic E-state index is 6.10. The number of benzene rings is 2. The van der Waals surface area contributed by atoms with Crippen LogP contribution >= 0.6 is 23.8 Å². The molecule has 3 rings (SSSR count). The van der Waals surface area contributed by atoms with Crippen molar-refractivity contribution in [2.45, 2.75) is 0 Å². The Morgan fingerprint density at radius 2 is 1.79 bits per heavy atom. The Morgan fingerprint density at radius 1 is 1.05 bits per heavy atom. The van der Waals surface area contributed by atoms with Crippen molar-refractivity contribution in [3.63, 3.8) is 0 Å². The van der Waals surface area contributed by atoms with Gasteiger partial charge in [-0.2, -0.15) is 0 Å². The van der Waals surface area contributed by atoms with Crippen molar-refractivity contribution in [3.8, 4) is 0 Å². The lowest BCUT2D eigenvalue weighted by atomic mass is 10.2. The van der Waals surface area contributed by atoms with E-state index in [1.165, 1.54) is 0 Å². The highest BCUT2D eigenvalue weighted by molar-refractivity contribution is 7.71. The summed E-state index contributed by atoms with van der Waals surface area (Å²) in [6.45, 7) is 0. The molecule has 3 aromatic rings. The summed E-state index contributed by atoms with van der Waals surface area (Å²) in [7, 11) is 0. The zero-order chi connectivity index (χ0) is 13.2. The summed E-state index contributed by atoms with van der Waals surface area (Å²) in [5.41, 5.74) is 1.73. The predicted octanol–water partition coefficient (Wildman–Crippen LogP) is 4.69. The molecule has 0 aliphatic heterocycles. The zero-order valence-corrected chi connectivity index (χ0v) is 11.4. The van der Waals surface area contributed by atoms with Gasteiger partial charge in [0.1, 0.15) is 4.64 Å². The van der Waals surface area contributed by atoms with Crippen molar-refractivity contribution in [2.24, 2.45) is 0 Å². The monoisotopic (exact) mass is 287 g/mol. The Bertz CT molecular complexity index is 798. The first-order chi connectivity index (χ1) is 9.24. The lowest BCUT2D eigenvalue weighted by Crippen LogP contribution is -1.98. The minimum absolute atomic E-state index is 0.559. The fourth-order valence-electron chi connectivity index (χ4n) is 1.85. The van der Waals surface area contributed by atoms with Crippen molar-refractivity contribution < 1.29 is 0 Å². The van der Waals surface area contributed by atoms with Crippen LogP contribution in [0.4, 0.5) is 11.6 Å². The van der Waals surface area contributed by atoms with E-state index >= 15 is 0 Å². The Labute approximate surface area is 120 Å². The highest BCUT2D eigenvalue weighted by Crippen LogP contribution is 2.24. The van der Waals surface area contributed by atoms with Gasteiger partial charge in [-0.3, -0.25) is 0 Å². The van der Waals surface area contributed by atoms with Gasteiger partial charge in [0.25, 0.3) is 0 Å². The number of nitrogens with zero attached hydrogens (tertiary/aromatic N) is 1. The molecule has 1 aromatic heterocycles. The molecule has 0 aliphatic rings. The van der Waals surface area contributed by atoms with E-state index in [-0.39, 0.29) is 0 Å². The second-order valence-corrected chi connectivity index (χ2v) is 4.83. The number of para-hydroxylation sites is 2. The van der Waals surface area contributed by atoms with Crippen molar-refractivity contribution >= 4 is 46.4 Å². The van der Waals surface area contributed by atoms with Gasteiger partial charge in [0.2, 0.25) is 5.95 Å². The molecular weight excluding hydrogens is 278 g/mol. The summed E-state index contributed by atoms with van der Waals surface area (Å²) in [4.78, 5) is 7.52. The lowest BCUT2D eigenvalue weighted by Gasteiger charge is -2.08. The van der Waals surface area contributed by atoms with Crippen LogP contribution in [-0.4, -0.2) is 9.97 Å². The maximum Gasteiger partial charge on any atom is 0.206 e. The van der Waals surface area contributed by atoms with Gasteiger partial charge in [-0.1, -0.05) is 48.1 Å². The predicted molar refractivity (Wildman–Crippen MR) is 81.7 cm³/mol. The van der Waals surface area contributed by atoms with E-state index in [0.29, 0.717) is 15.6 Å². The summed E-state index contributed by atoms with van der Waals surface area (Å²) < 4.78 is 0.559. The number of halogens is 1. The van der Waals surface area contributed by atoms with E-state index in [0.717, 1.165) is 16.6 Å². The molecule has 0 bridgehead atoms. The first-order valence-electron chi connectivity index (χ1n) is 5.75. The first kappa shape index (κ1) is 12.1. The van der Waals surface area contributed by atoms with E-state index in [1.54, 1.807) is 0 Å². The molecule has 0 saturated carbocycles. The largest absolute Gasteiger partial charge is 0.325 e. The molecule has 0 radical (unpaired) electrons. The van der Waals surface area contributed by atoms with Crippen LogP contribution in [0.25, 0.3) is 10.9 Å². The fraction of sp³-hybridized carbons (Fsp3) is 0. The molecule has 0 spiro atoms. The van der Waals surface area contributed by atoms with Crippen molar-refractivity contribution in [2.75, 3.05) is 5.32 Å². The Balaban J connectivity index is 2.07. The van der Waals surface area contributed by atoms with Crippen LogP contribution in [0.5, 0.6) is 0 Å². The third-order valence-corrected chi connectivity index (χ3v) is 3.39. The average Bonchev–Trinajstić information content (AvgIpc) is 2.42. The van der Waals surface area contributed by atoms with E-state index < -0.39 is 0 Å². The highest BCUT2D eigenvalue weighted by atomic mass is 35.5. The average molecular weight is 288 g/mol. The zero-order valence-electron chi connectivity index (χ0n) is 9.85. The first-order valence-corrected chi connectivity index (χ1v) is 6.53. The molecule has 2 N–H and O–H groups in total. The standard InChI is InChI=1S/C14H10ClN3S/c15-10-6-2-4-8-12(10)17-14-16-11-7-3-1-5-9(11)13(19)18-14/h1-8H,(H2,16,17,18,19). The summed E-state index contributed by atoms with van der Waals surface area (Å²) >= 11 is 11.4. The fourth-order valence-corrected chi connectivity index (χ4v) is 2.30. The summed E-state index contributed by atoms with van der Waals surface area (Å²) in [5.74, 6) is 0.580. The van der Waals surface area contributed by atoms with Crippen LogP contribution in [0, 0.1) is 4.64 Å². The van der Waals surface area contributed by atoms with Crippen LogP contribution in [0.15, 0.2) is 48.5 Å². The molecule has 0 aliphatic carbocycles. The normalized spacial score (nSPS) is 10.6. The Morgan fingerprint density at radius 3 is 2.63 bits per heavy atom. The molecule has 5 heteroatoms. The minimum atomic E-state index is 0.559.